The van der Waals surface area contributed by atoms with Crippen molar-refractivity contribution in [3.63, 3.8) is 0 Å². The number of methoxy groups -OCH3 is 2. The molecular weight excluding hydrogens is 342 g/mol. The van der Waals surface area contributed by atoms with Crippen LogP contribution in [0, 0.1) is 5.41 Å². The molecule has 0 saturated heterocycles. The molecule has 0 fully saturated rings. The van der Waals surface area contributed by atoms with E-state index in [-0.39, 0.29) is 36.1 Å². The normalized spacial score (nSPS) is 11.1. The molecule has 146 valence electrons. The molecule has 0 aliphatic carbocycles. The van der Waals surface area contributed by atoms with Gasteiger partial charge in [0.05, 0.1) is 24.5 Å². The van der Waals surface area contributed by atoms with Crippen molar-refractivity contribution in [1.29, 1.82) is 0 Å². The van der Waals surface area contributed by atoms with E-state index < -0.39 is 11.4 Å². The van der Waals surface area contributed by atoms with Crippen LogP contribution in [0.25, 0.3) is 0 Å². The second-order valence-corrected chi connectivity index (χ2v) is 6.54. The fraction of sp³-hybridized carbons (Fsp3) is 0.556. The van der Waals surface area contributed by atoms with Gasteiger partial charge < -0.3 is 29.4 Å². The molecule has 0 saturated carbocycles. The van der Waals surface area contributed by atoms with Crippen LogP contribution < -0.4 is 14.8 Å². The van der Waals surface area contributed by atoms with Crippen LogP contribution >= 0.6 is 0 Å². The minimum absolute atomic E-state index is 0.0888. The molecule has 0 atom stereocenters. The average Bonchev–Trinajstić information content (AvgIpc) is 2.55. The number of carboxylic acid groups (broad SMARTS) is 1. The van der Waals surface area contributed by atoms with Gasteiger partial charge in [0.1, 0.15) is 13.2 Å². The molecule has 0 spiro atoms. The van der Waals surface area contributed by atoms with E-state index in [0.29, 0.717) is 19.0 Å². The van der Waals surface area contributed by atoms with Crippen LogP contribution in [0.4, 0.5) is 5.69 Å². The number of amides is 1. The maximum Gasteiger partial charge on any atom is 0.337 e. The summed E-state index contributed by atoms with van der Waals surface area (Å²) in [5.41, 5.74) is -0.626. The number of ether oxygens (including phenoxy) is 4. The number of hydrogen-bond acceptors (Lipinski definition) is 6. The first-order valence-corrected chi connectivity index (χ1v) is 8.17. The maximum absolute atomic E-state index is 12.3. The highest BCUT2D eigenvalue weighted by atomic mass is 16.5. The predicted molar refractivity (Wildman–Crippen MR) is 96.2 cm³/mol. The number of carbonyl (C=O) groups excluding carboxylic acids is 1. The molecule has 0 aromatic heterocycles. The summed E-state index contributed by atoms with van der Waals surface area (Å²) < 4.78 is 21.1. The Morgan fingerprint density at radius 3 is 1.88 bits per heavy atom. The van der Waals surface area contributed by atoms with Gasteiger partial charge in [-0.05, 0) is 0 Å². The summed E-state index contributed by atoms with van der Waals surface area (Å²) >= 11 is 0. The van der Waals surface area contributed by atoms with Gasteiger partial charge in [0.25, 0.3) is 0 Å². The highest BCUT2D eigenvalue weighted by Gasteiger charge is 2.25. The summed E-state index contributed by atoms with van der Waals surface area (Å²) in [7, 11) is 3.08. The first kappa shape index (κ1) is 21.7. The molecule has 1 rings (SSSR count). The lowest BCUT2D eigenvalue weighted by Crippen LogP contribution is -2.28. The topological polar surface area (TPSA) is 103 Å². The van der Waals surface area contributed by atoms with E-state index in [1.165, 1.54) is 19.2 Å². The van der Waals surface area contributed by atoms with Crippen molar-refractivity contribution in [2.24, 2.45) is 5.41 Å². The van der Waals surface area contributed by atoms with Gasteiger partial charge in [-0.2, -0.15) is 0 Å². The van der Waals surface area contributed by atoms with Gasteiger partial charge in [0.15, 0.2) is 11.5 Å². The van der Waals surface area contributed by atoms with Crippen LogP contribution in [-0.2, 0) is 14.3 Å². The lowest BCUT2D eigenvalue weighted by Gasteiger charge is -2.20. The third-order valence-corrected chi connectivity index (χ3v) is 3.33. The number of benzene rings is 1. The van der Waals surface area contributed by atoms with Crippen LogP contribution in [0.2, 0.25) is 0 Å². The number of rotatable bonds is 10. The number of aromatic carboxylic acids is 1. The summed E-state index contributed by atoms with van der Waals surface area (Å²) in [6, 6.07) is 2.78. The summed E-state index contributed by atoms with van der Waals surface area (Å²) in [4.78, 5) is 23.9. The minimum atomic E-state index is -1.19. The zero-order chi connectivity index (χ0) is 19.7. The minimum Gasteiger partial charge on any atom is -0.487 e. The quantitative estimate of drug-likeness (QED) is 0.611. The zero-order valence-electron chi connectivity index (χ0n) is 15.9. The first-order chi connectivity index (χ1) is 12.2. The van der Waals surface area contributed by atoms with Crippen molar-refractivity contribution in [3.05, 3.63) is 17.7 Å². The Hall–Kier alpha value is -2.32. The summed E-state index contributed by atoms with van der Waals surface area (Å²) in [5, 5.41) is 12.1. The SMILES string of the molecule is COCCOc1cc(NC(=O)C(C)(C)C)c(C(=O)O)cc1OCCOC. The Balaban J connectivity index is 3.22. The Morgan fingerprint density at radius 1 is 0.962 bits per heavy atom. The molecule has 0 aliphatic rings. The fourth-order valence-electron chi connectivity index (χ4n) is 1.85. The van der Waals surface area contributed by atoms with E-state index in [2.05, 4.69) is 5.32 Å². The fourth-order valence-corrected chi connectivity index (χ4v) is 1.85. The Kier molecular flexibility index (Phi) is 8.34. The van der Waals surface area contributed by atoms with E-state index >= 15 is 0 Å². The monoisotopic (exact) mass is 369 g/mol. The Morgan fingerprint density at radius 2 is 1.46 bits per heavy atom. The van der Waals surface area contributed by atoms with Gasteiger partial charge in [-0.15, -0.1) is 0 Å². The third kappa shape index (κ3) is 6.53. The largest absolute Gasteiger partial charge is 0.487 e. The van der Waals surface area contributed by atoms with Crippen molar-refractivity contribution in [3.8, 4) is 11.5 Å². The molecule has 8 heteroatoms. The van der Waals surface area contributed by atoms with Gasteiger partial charge in [-0.25, -0.2) is 4.79 Å². The van der Waals surface area contributed by atoms with Gasteiger partial charge in [0.2, 0.25) is 5.91 Å². The molecule has 8 nitrogen and oxygen atoms in total. The van der Waals surface area contributed by atoms with Gasteiger partial charge in [-0.3, -0.25) is 4.79 Å². The molecule has 1 aromatic rings. The van der Waals surface area contributed by atoms with Crippen LogP contribution in [0.3, 0.4) is 0 Å². The molecule has 0 heterocycles. The maximum atomic E-state index is 12.3. The van der Waals surface area contributed by atoms with Crippen molar-refractivity contribution in [2.75, 3.05) is 46.0 Å². The average molecular weight is 369 g/mol. The Labute approximate surface area is 153 Å². The molecule has 0 unspecified atom stereocenters. The smallest absolute Gasteiger partial charge is 0.337 e. The van der Waals surface area contributed by atoms with Gasteiger partial charge in [-0.1, -0.05) is 20.8 Å². The molecule has 0 radical (unpaired) electrons. The van der Waals surface area contributed by atoms with E-state index in [4.69, 9.17) is 18.9 Å². The van der Waals surface area contributed by atoms with Crippen molar-refractivity contribution in [2.45, 2.75) is 20.8 Å². The number of nitrogens with one attached hydrogen (secondary N) is 1. The highest BCUT2D eigenvalue weighted by Crippen LogP contribution is 2.34. The second kappa shape index (κ2) is 9.98. The molecular formula is C18H27NO7. The van der Waals surface area contributed by atoms with Crippen molar-refractivity contribution in [1.82, 2.24) is 0 Å². The number of carbonyl (C=O) groups is 2. The third-order valence-electron chi connectivity index (χ3n) is 3.33. The van der Waals surface area contributed by atoms with Gasteiger partial charge in [0, 0.05) is 31.8 Å². The lowest BCUT2D eigenvalue weighted by molar-refractivity contribution is -0.123. The summed E-state index contributed by atoms with van der Waals surface area (Å²) in [6.07, 6.45) is 0. The lowest BCUT2D eigenvalue weighted by atomic mass is 9.95. The Bertz CT molecular complexity index is 623. The van der Waals surface area contributed by atoms with Gasteiger partial charge >= 0.3 is 5.97 Å². The van der Waals surface area contributed by atoms with E-state index in [9.17, 15) is 14.7 Å². The molecule has 1 aromatic carbocycles. The van der Waals surface area contributed by atoms with Crippen LogP contribution in [-0.4, -0.2) is 57.6 Å². The van der Waals surface area contributed by atoms with Crippen LogP contribution in [0.1, 0.15) is 31.1 Å². The first-order valence-electron chi connectivity index (χ1n) is 8.17. The van der Waals surface area contributed by atoms with Crippen LogP contribution in [0.5, 0.6) is 11.5 Å². The summed E-state index contributed by atoms with van der Waals surface area (Å²) in [5.74, 6) is -0.929. The standard InChI is InChI=1S/C18H27NO7/c1-18(2,3)17(22)19-13-11-15(26-9-7-24-5)14(25-8-6-23-4)10-12(13)16(20)21/h10-11H,6-9H2,1-5H3,(H,19,22)(H,20,21). The molecule has 0 bridgehead atoms. The number of anilines is 1. The van der Waals surface area contributed by atoms with Crippen LogP contribution in [0.15, 0.2) is 12.1 Å². The predicted octanol–water partition coefficient (Wildman–Crippen LogP) is 2.42. The molecule has 0 aliphatic heterocycles. The molecule has 26 heavy (non-hydrogen) atoms. The summed E-state index contributed by atoms with van der Waals surface area (Å²) in [6.45, 7) is 6.37. The number of hydrogen-bond donors (Lipinski definition) is 2. The van der Waals surface area contributed by atoms with Crippen molar-refractivity contribution < 1.29 is 33.6 Å². The van der Waals surface area contributed by atoms with E-state index in [0.717, 1.165) is 0 Å². The van der Waals surface area contributed by atoms with E-state index in [1.807, 2.05) is 0 Å². The molecule has 2 N–H and O–H groups in total. The number of carboxylic acids is 1. The molecule has 1 amide bonds. The highest BCUT2D eigenvalue weighted by molar-refractivity contribution is 6.02. The zero-order valence-corrected chi connectivity index (χ0v) is 15.9. The van der Waals surface area contributed by atoms with Crippen molar-refractivity contribution >= 4 is 17.6 Å². The van der Waals surface area contributed by atoms with E-state index in [1.54, 1.807) is 27.9 Å². The second-order valence-electron chi connectivity index (χ2n) is 6.54.